The van der Waals surface area contributed by atoms with E-state index >= 15 is 0 Å². The second-order valence-electron chi connectivity index (χ2n) is 9.68. The Morgan fingerprint density at radius 2 is 1.35 bits per heavy atom. The van der Waals surface area contributed by atoms with Gasteiger partial charge in [0.25, 0.3) is 17.7 Å². The number of piperazine rings is 2. The van der Waals surface area contributed by atoms with Crippen LogP contribution in [-0.2, 0) is 0 Å². The Hall–Kier alpha value is -4.02. The summed E-state index contributed by atoms with van der Waals surface area (Å²) in [5.74, 6) is -2.73. The van der Waals surface area contributed by atoms with Crippen LogP contribution < -0.4 is 15.5 Å². The smallest absolute Gasteiger partial charge is 0.255 e. The number of hydrogen-bond donors (Lipinski definition) is 2. The number of rotatable bonds is 5. The molecule has 0 bridgehead atoms. The average Bonchev–Trinajstić information content (AvgIpc) is 2.96. The van der Waals surface area contributed by atoms with Crippen molar-refractivity contribution in [3.63, 3.8) is 0 Å². The topological polar surface area (TPSA) is 85.0 Å². The van der Waals surface area contributed by atoms with Crippen LogP contribution in [0.15, 0.2) is 60.7 Å². The van der Waals surface area contributed by atoms with Gasteiger partial charge in [-0.05, 0) is 48.5 Å². The molecule has 5 rings (SSSR count). The maximum Gasteiger partial charge on any atom is 0.255 e. The Bertz CT molecular complexity index is 1420. The minimum atomic E-state index is -0.867. The first-order valence-electron chi connectivity index (χ1n) is 13.0. The molecule has 2 saturated heterocycles. The molecule has 2 fully saturated rings. The summed E-state index contributed by atoms with van der Waals surface area (Å²) in [4.78, 5) is 44.7. The first-order valence-corrected chi connectivity index (χ1v) is 13.4. The predicted octanol–water partition coefficient (Wildman–Crippen LogP) is 3.88. The molecule has 208 valence electrons. The van der Waals surface area contributed by atoms with Gasteiger partial charge >= 0.3 is 0 Å². The minimum Gasteiger partial charge on any atom is -0.366 e. The fourth-order valence-electron chi connectivity index (χ4n) is 4.93. The van der Waals surface area contributed by atoms with Crippen LogP contribution in [0.1, 0.15) is 31.1 Å². The van der Waals surface area contributed by atoms with E-state index in [1.807, 2.05) is 4.90 Å². The molecule has 3 aromatic carbocycles. The molecule has 2 aliphatic rings. The van der Waals surface area contributed by atoms with Crippen molar-refractivity contribution in [2.24, 2.45) is 0 Å². The maximum atomic E-state index is 13.8. The van der Waals surface area contributed by atoms with Gasteiger partial charge in [0.2, 0.25) is 0 Å². The van der Waals surface area contributed by atoms with Gasteiger partial charge < -0.3 is 25.3 Å². The minimum absolute atomic E-state index is 0.124. The fraction of sp³-hybridized carbons (Fsp3) is 0.276. The Kier molecular flexibility index (Phi) is 8.27. The lowest BCUT2D eigenvalue weighted by Gasteiger charge is -2.37. The highest BCUT2D eigenvalue weighted by Gasteiger charge is 2.26. The highest BCUT2D eigenvalue weighted by molar-refractivity contribution is 6.31. The first-order chi connectivity index (χ1) is 19.3. The van der Waals surface area contributed by atoms with E-state index in [0.717, 1.165) is 12.1 Å². The summed E-state index contributed by atoms with van der Waals surface area (Å²) in [5, 5.41) is 6.44. The maximum absolute atomic E-state index is 13.8. The van der Waals surface area contributed by atoms with E-state index in [1.54, 1.807) is 52.3 Å². The van der Waals surface area contributed by atoms with Crippen molar-refractivity contribution in [2.75, 3.05) is 62.6 Å². The van der Waals surface area contributed by atoms with Crippen molar-refractivity contribution in [1.29, 1.82) is 0 Å². The average molecular weight is 568 g/mol. The molecule has 11 heteroatoms. The number of nitrogens with one attached hydrogen (secondary N) is 2. The van der Waals surface area contributed by atoms with Crippen LogP contribution >= 0.6 is 11.6 Å². The highest BCUT2D eigenvalue weighted by Crippen LogP contribution is 2.30. The second kappa shape index (κ2) is 12.0. The van der Waals surface area contributed by atoms with Crippen molar-refractivity contribution in [3.8, 4) is 0 Å². The van der Waals surface area contributed by atoms with Crippen LogP contribution in [0.3, 0.4) is 0 Å². The van der Waals surface area contributed by atoms with Crippen LogP contribution in [0.25, 0.3) is 0 Å². The van der Waals surface area contributed by atoms with Crippen molar-refractivity contribution in [3.05, 3.63) is 94.0 Å². The monoisotopic (exact) mass is 567 g/mol. The fourth-order valence-corrected chi connectivity index (χ4v) is 5.12. The number of benzene rings is 3. The number of carbonyl (C=O) groups is 3. The third-order valence-electron chi connectivity index (χ3n) is 7.00. The zero-order chi connectivity index (χ0) is 28.2. The van der Waals surface area contributed by atoms with Gasteiger partial charge in [0.1, 0.15) is 11.6 Å². The van der Waals surface area contributed by atoms with Crippen molar-refractivity contribution >= 4 is 40.7 Å². The normalized spacial score (nSPS) is 15.6. The molecule has 3 aromatic rings. The summed E-state index contributed by atoms with van der Waals surface area (Å²) >= 11 is 6.05. The van der Waals surface area contributed by atoms with Gasteiger partial charge in [-0.15, -0.1) is 0 Å². The van der Waals surface area contributed by atoms with Gasteiger partial charge in [-0.3, -0.25) is 14.4 Å². The number of nitrogens with zero attached hydrogens (tertiary/aromatic N) is 3. The Balaban J connectivity index is 1.38. The van der Waals surface area contributed by atoms with Crippen LogP contribution in [0.2, 0.25) is 5.02 Å². The first kappa shape index (κ1) is 27.5. The van der Waals surface area contributed by atoms with E-state index < -0.39 is 17.5 Å². The molecule has 0 radical (unpaired) electrons. The Morgan fingerprint density at radius 1 is 0.725 bits per heavy atom. The van der Waals surface area contributed by atoms with E-state index in [9.17, 15) is 23.2 Å². The van der Waals surface area contributed by atoms with E-state index in [1.165, 1.54) is 0 Å². The van der Waals surface area contributed by atoms with E-state index in [0.29, 0.717) is 85.9 Å². The standard InChI is InChI=1S/C29H28ClF2N5O3/c30-22-3-1-2-19(14-22)28(39)37-12-10-35(11-13-37)26-5-4-20(29(40)36-8-6-33-7-9-36)17-25(26)34-27(38)21-15-23(31)18-24(32)16-21/h1-5,14-18,33H,6-13H2,(H,34,38). The van der Waals surface area contributed by atoms with Crippen LogP contribution in [0, 0.1) is 11.6 Å². The highest BCUT2D eigenvalue weighted by atomic mass is 35.5. The SMILES string of the molecule is O=C(Nc1cc(C(=O)N2CCNCC2)ccc1N1CCN(C(=O)c2cccc(Cl)c2)CC1)c1cc(F)cc(F)c1. The summed E-state index contributed by atoms with van der Waals surface area (Å²) in [6, 6.07) is 14.4. The summed E-state index contributed by atoms with van der Waals surface area (Å²) < 4.78 is 27.6. The molecule has 2 aliphatic heterocycles. The number of anilines is 2. The Morgan fingerprint density at radius 3 is 2.00 bits per heavy atom. The molecule has 40 heavy (non-hydrogen) atoms. The summed E-state index contributed by atoms with van der Waals surface area (Å²) in [5.41, 5.74) is 1.69. The van der Waals surface area contributed by atoms with Gasteiger partial charge in [-0.25, -0.2) is 8.78 Å². The lowest BCUT2D eigenvalue weighted by atomic mass is 10.1. The number of halogens is 3. The molecule has 0 spiro atoms. The molecular formula is C29H28ClF2N5O3. The van der Waals surface area contributed by atoms with E-state index in [2.05, 4.69) is 10.6 Å². The molecule has 2 heterocycles. The lowest BCUT2D eigenvalue weighted by molar-refractivity contribution is 0.0731. The predicted molar refractivity (Wildman–Crippen MR) is 149 cm³/mol. The van der Waals surface area contributed by atoms with Gasteiger partial charge in [-0.1, -0.05) is 17.7 Å². The van der Waals surface area contributed by atoms with Crippen molar-refractivity contribution < 1.29 is 23.2 Å². The van der Waals surface area contributed by atoms with Gasteiger partial charge in [0.05, 0.1) is 11.4 Å². The number of amides is 3. The molecule has 0 aromatic heterocycles. The van der Waals surface area contributed by atoms with Gasteiger partial charge in [-0.2, -0.15) is 0 Å². The quantitative estimate of drug-likeness (QED) is 0.489. The molecule has 3 amide bonds. The van der Waals surface area contributed by atoms with Crippen molar-refractivity contribution in [2.45, 2.75) is 0 Å². The van der Waals surface area contributed by atoms with E-state index in [4.69, 9.17) is 11.6 Å². The second-order valence-corrected chi connectivity index (χ2v) is 10.1. The van der Waals surface area contributed by atoms with Gasteiger partial charge in [0.15, 0.2) is 0 Å². The lowest BCUT2D eigenvalue weighted by Crippen LogP contribution is -2.49. The summed E-state index contributed by atoms with van der Waals surface area (Å²) in [7, 11) is 0. The summed E-state index contributed by atoms with van der Waals surface area (Å²) in [6.07, 6.45) is 0. The summed E-state index contributed by atoms with van der Waals surface area (Å²) in [6.45, 7) is 4.29. The third-order valence-corrected chi connectivity index (χ3v) is 7.23. The molecule has 0 aliphatic carbocycles. The van der Waals surface area contributed by atoms with Gasteiger partial charge in [0, 0.05) is 80.1 Å². The number of carbonyl (C=O) groups excluding carboxylic acids is 3. The van der Waals surface area contributed by atoms with Crippen LogP contribution in [0.4, 0.5) is 20.2 Å². The molecule has 2 N–H and O–H groups in total. The Labute approximate surface area is 235 Å². The molecule has 8 nitrogen and oxygen atoms in total. The largest absolute Gasteiger partial charge is 0.366 e. The van der Waals surface area contributed by atoms with Crippen LogP contribution in [0.5, 0.6) is 0 Å². The molecule has 0 saturated carbocycles. The zero-order valence-corrected chi connectivity index (χ0v) is 22.4. The molecular weight excluding hydrogens is 540 g/mol. The van der Waals surface area contributed by atoms with Crippen molar-refractivity contribution in [1.82, 2.24) is 15.1 Å². The van der Waals surface area contributed by atoms with E-state index in [-0.39, 0.29) is 17.4 Å². The number of hydrogen-bond acceptors (Lipinski definition) is 5. The molecule has 0 unspecified atom stereocenters. The molecule has 0 atom stereocenters. The zero-order valence-electron chi connectivity index (χ0n) is 21.6. The third kappa shape index (κ3) is 6.24. The van der Waals surface area contributed by atoms with Crippen LogP contribution in [-0.4, -0.2) is 79.9 Å².